The first-order valence-corrected chi connectivity index (χ1v) is 13.4. The van der Waals surface area contributed by atoms with Crippen molar-refractivity contribution in [3.63, 3.8) is 0 Å². The van der Waals surface area contributed by atoms with Gasteiger partial charge < -0.3 is 14.4 Å². The van der Waals surface area contributed by atoms with Crippen molar-refractivity contribution < 1.29 is 23.5 Å². The molecule has 9 heteroatoms. The van der Waals surface area contributed by atoms with Crippen LogP contribution in [0.15, 0.2) is 53.6 Å². The Morgan fingerprint density at radius 3 is 2.53 bits per heavy atom. The molecule has 2 heterocycles. The summed E-state index contributed by atoms with van der Waals surface area (Å²) in [5.74, 6) is 0.142. The average Bonchev–Trinajstić information content (AvgIpc) is 3.36. The van der Waals surface area contributed by atoms with E-state index in [1.165, 1.54) is 17.1 Å². The molecule has 38 heavy (non-hydrogen) atoms. The van der Waals surface area contributed by atoms with Gasteiger partial charge in [-0.25, -0.2) is 9.40 Å². The minimum Gasteiger partial charge on any atom is -0.496 e. The molecule has 1 saturated heterocycles. The van der Waals surface area contributed by atoms with Crippen molar-refractivity contribution in [3.8, 4) is 5.75 Å². The minimum atomic E-state index is -0.390. The fourth-order valence-electron chi connectivity index (χ4n) is 5.24. The average molecular weight is 523 g/mol. The fraction of sp³-hybridized carbons (Fsp3) is 0.483. The van der Waals surface area contributed by atoms with Gasteiger partial charge in [-0.2, -0.15) is 5.10 Å². The number of amides is 2. The molecule has 1 saturated carbocycles. The van der Waals surface area contributed by atoms with E-state index in [-0.39, 0.29) is 30.1 Å². The maximum Gasteiger partial charge on any atom is 0.262 e. The molecule has 8 nitrogen and oxygen atoms in total. The predicted molar refractivity (Wildman–Crippen MR) is 141 cm³/mol. The monoisotopic (exact) mass is 522 g/mol. The number of nitrogens with zero attached hydrogens (tertiary/aromatic N) is 4. The Labute approximate surface area is 223 Å². The van der Waals surface area contributed by atoms with Crippen LogP contribution in [0.5, 0.6) is 5.75 Å². The zero-order chi connectivity index (χ0) is 26.5. The highest BCUT2D eigenvalue weighted by molar-refractivity contribution is 6.03. The molecular formula is C29H35FN4O4. The smallest absolute Gasteiger partial charge is 0.262 e. The lowest BCUT2D eigenvalue weighted by Gasteiger charge is -2.34. The SMILES string of the molecule is COc1ccccc1[C@H]1CC(c2ccc(F)cc2)=NN1C(=O)CN(CCN1CCOCC1)C(=O)C1CCC1. The first-order chi connectivity index (χ1) is 18.5. The van der Waals surface area contributed by atoms with Crippen LogP contribution in [0.2, 0.25) is 0 Å². The quantitative estimate of drug-likeness (QED) is 0.504. The van der Waals surface area contributed by atoms with Crippen molar-refractivity contribution in [1.29, 1.82) is 0 Å². The second-order valence-corrected chi connectivity index (χ2v) is 10.1. The molecule has 2 aromatic carbocycles. The first kappa shape index (κ1) is 26.3. The van der Waals surface area contributed by atoms with E-state index in [4.69, 9.17) is 14.6 Å². The van der Waals surface area contributed by atoms with Crippen LogP contribution in [0.3, 0.4) is 0 Å². The topological polar surface area (TPSA) is 74.7 Å². The van der Waals surface area contributed by atoms with Gasteiger partial charge in [0.05, 0.1) is 32.1 Å². The van der Waals surface area contributed by atoms with Crippen molar-refractivity contribution >= 4 is 17.5 Å². The lowest BCUT2D eigenvalue weighted by atomic mass is 9.84. The number of rotatable bonds is 9. The summed E-state index contributed by atoms with van der Waals surface area (Å²) in [6, 6.07) is 13.3. The summed E-state index contributed by atoms with van der Waals surface area (Å²) in [4.78, 5) is 31.2. The number of para-hydroxylation sites is 1. The lowest BCUT2D eigenvalue weighted by Crippen LogP contribution is -2.49. The summed E-state index contributed by atoms with van der Waals surface area (Å²) in [7, 11) is 1.60. The Bertz CT molecular complexity index is 1160. The van der Waals surface area contributed by atoms with Crippen LogP contribution < -0.4 is 4.74 Å². The number of hydrazone groups is 1. The minimum absolute atomic E-state index is 0.00522. The summed E-state index contributed by atoms with van der Waals surface area (Å²) in [6.45, 7) is 4.18. The predicted octanol–water partition coefficient (Wildman–Crippen LogP) is 3.47. The highest BCUT2D eigenvalue weighted by Gasteiger charge is 2.37. The van der Waals surface area contributed by atoms with E-state index in [1.807, 2.05) is 24.3 Å². The summed E-state index contributed by atoms with van der Waals surface area (Å²) >= 11 is 0. The molecule has 2 fully saturated rings. The van der Waals surface area contributed by atoms with Gasteiger partial charge in [-0.1, -0.05) is 36.8 Å². The van der Waals surface area contributed by atoms with Crippen LogP contribution in [-0.4, -0.2) is 85.4 Å². The summed E-state index contributed by atoms with van der Waals surface area (Å²) in [6.07, 6.45) is 3.26. The summed E-state index contributed by atoms with van der Waals surface area (Å²) in [5, 5.41) is 6.21. The maximum atomic E-state index is 13.8. The van der Waals surface area contributed by atoms with Crippen LogP contribution in [-0.2, 0) is 14.3 Å². The van der Waals surface area contributed by atoms with Gasteiger partial charge in [0.1, 0.15) is 18.1 Å². The zero-order valence-electron chi connectivity index (χ0n) is 21.9. The number of carbonyl (C=O) groups is 2. The van der Waals surface area contributed by atoms with Gasteiger partial charge in [-0.05, 0) is 36.6 Å². The zero-order valence-corrected chi connectivity index (χ0v) is 21.9. The number of morpholine rings is 1. The molecule has 0 N–H and O–H groups in total. The Morgan fingerprint density at radius 1 is 1.11 bits per heavy atom. The Kier molecular flexibility index (Phi) is 8.34. The molecule has 2 aromatic rings. The van der Waals surface area contributed by atoms with Gasteiger partial charge >= 0.3 is 0 Å². The molecule has 3 aliphatic rings. The molecule has 2 amide bonds. The molecule has 0 bridgehead atoms. The van der Waals surface area contributed by atoms with Crippen LogP contribution in [0, 0.1) is 11.7 Å². The number of ether oxygens (including phenoxy) is 2. The second-order valence-electron chi connectivity index (χ2n) is 10.1. The van der Waals surface area contributed by atoms with E-state index < -0.39 is 6.04 Å². The largest absolute Gasteiger partial charge is 0.496 e. The molecule has 0 spiro atoms. The van der Waals surface area contributed by atoms with Crippen molar-refractivity contribution in [2.24, 2.45) is 11.0 Å². The Balaban J connectivity index is 1.39. The van der Waals surface area contributed by atoms with Crippen LogP contribution in [0.1, 0.15) is 42.9 Å². The molecule has 202 valence electrons. The third-order valence-corrected chi connectivity index (χ3v) is 7.72. The molecule has 1 atom stereocenters. The molecule has 0 aromatic heterocycles. The lowest BCUT2D eigenvalue weighted by molar-refractivity contribution is -0.145. The van der Waals surface area contributed by atoms with E-state index in [0.717, 1.165) is 43.5 Å². The van der Waals surface area contributed by atoms with Crippen molar-refractivity contribution in [2.75, 3.05) is 53.0 Å². The number of hydrogen-bond acceptors (Lipinski definition) is 6. The van der Waals surface area contributed by atoms with Crippen molar-refractivity contribution in [3.05, 3.63) is 65.5 Å². The van der Waals surface area contributed by atoms with Crippen LogP contribution in [0.4, 0.5) is 4.39 Å². The second kappa shape index (κ2) is 12.0. The molecule has 2 aliphatic heterocycles. The first-order valence-electron chi connectivity index (χ1n) is 13.4. The van der Waals surface area contributed by atoms with Gasteiger partial charge in [0.2, 0.25) is 5.91 Å². The number of benzene rings is 2. The Hall–Kier alpha value is -3.30. The standard InChI is InChI=1S/C29H35FN4O4/c1-37-27-8-3-2-7-24(27)26-19-25(21-9-11-23(30)12-10-21)31-34(26)28(35)20-33(29(36)22-5-4-6-22)14-13-32-15-17-38-18-16-32/h2-3,7-12,22,26H,4-6,13-20H2,1H3/t26-/m1/s1. The molecule has 5 rings (SSSR count). The maximum absolute atomic E-state index is 13.8. The van der Waals surface area contributed by atoms with Crippen LogP contribution in [0.25, 0.3) is 0 Å². The van der Waals surface area contributed by atoms with Gasteiger partial charge in [0.15, 0.2) is 0 Å². The summed E-state index contributed by atoms with van der Waals surface area (Å²) < 4.78 is 24.6. The highest BCUT2D eigenvalue weighted by Crippen LogP contribution is 2.37. The van der Waals surface area contributed by atoms with Gasteiger partial charge in [-0.3, -0.25) is 14.5 Å². The van der Waals surface area contributed by atoms with E-state index in [0.29, 0.717) is 44.2 Å². The molecule has 0 unspecified atom stereocenters. The van der Waals surface area contributed by atoms with Gasteiger partial charge in [0.25, 0.3) is 5.91 Å². The molecular weight excluding hydrogens is 487 g/mol. The number of halogens is 1. The third kappa shape index (κ3) is 5.89. The molecule has 0 radical (unpaired) electrons. The van der Waals surface area contributed by atoms with E-state index in [1.54, 1.807) is 24.1 Å². The number of carbonyl (C=O) groups excluding carboxylic acids is 2. The van der Waals surface area contributed by atoms with Crippen LogP contribution >= 0.6 is 0 Å². The highest BCUT2D eigenvalue weighted by atomic mass is 19.1. The third-order valence-electron chi connectivity index (χ3n) is 7.72. The Morgan fingerprint density at radius 2 is 1.84 bits per heavy atom. The molecule has 1 aliphatic carbocycles. The van der Waals surface area contributed by atoms with Crippen molar-refractivity contribution in [2.45, 2.75) is 31.7 Å². The van der Waals surface area contributed by atoms with E-state index >= 15 is 0 Å². The van der Waals surface area contributed by atoms with E-state index in [2.05, 4.69) is 4.90 Å². The fourth-order valence-corrected chi connectivity index (χ4v) is 5.24. The number of hydrogen-bond donors (Lipinski definition) is 0. The van der Waals surface area contributed by atoms with Gasteiger partial charge in [0, 0.05) is 44.1 Å². The number of methoxy groups -OCH3 is 1. The summed E-state index contributed by atoms with van der Waals surface area (Å²) in [5.41, 5.74) is 2.30. The van der Waals surface area contributed by atoms with E-state index in [9.17, 15) is 14.0 Å². The normalized spacial score (nSPS) is 20.1. The van der Waals surface area contributed by atoms with Crippen molar-refractivity contribution in [1.82, 2.24) is 14.8 Å². The van der Waals surface area contributed by atoms with Gasteiger partial charge in [-0.15, -0.1) is 0 Å².